The van der Waals surface area contributed by atoms with E-state index in [4.69, 9.17) is 5.73 Å². The van der Waals surface area contributed by atoms with Gasteiger partial charge in [-0.3, -0.25) is 9.59 Å². The third kappa shape index (κ3) is 3.88. The number of likely N-dealkylation sites (N-methyl/N-ethyl adjacent to an activating group) is 1. The predicted octanol–water partition coefficient (Wildman–Crippen LogP) is 2.88. The van der Waals surface area contributed by atoms with E-state index in [1.165, 1.54) is 4.90 Å². The zero-order valence-corrected chi connectivity index (χ0v) is 13.6. The number of nitrogens with zero attached hydrogens (tertiary/aromatic N) is 1. The summed E-state index contributed by atoms with van der Waals surface area (Å²) in [6.45, 7) is 6.07. The van der Waals surface area contributed by atoms with Gasteiger partial charge in [0.05, 0.1) is 11.4 Å². The van der Waals surface area contributed by atoms with Crippen molar-refractivity contribution in [2.75, 3.05) is 22.5 Å². The first kappa shape index (κ1) is 16.5. The van der Waals surface area contributed by atoms with Crippen LogP contribution in [0.25, 0.3) is 0 Å². The molecule has 120 valence electrons. The van der Waals surface area contributed by atoms with Gasteiger partial charge in [-0.2, -0.15) is 0 Å². The van der Waals surface area contributed by atoms with E-state index in [0.717, 1.165) is 11.1 Å². The molecular weight excluding hydrogens is 290 g/mol. The topological polar surface area (TPSA) is 75.4 Å². The highest BCUT2D eigenvalue weighted by Crippen LogP contribution is 2.20. The molecule has 0 atom stereocenters. The first-order valence-electron chi connectivity index (χ1n) is 7.48. The molecule has 5 heteroatoms. The molecule has 2 aromatic carbocycles. The van der Waals surface area contributed by atoms with Crippen molar-refractivity contribution >= 4 is 28.9 Å². The summed E-state index contributed by atoms with van der Waals surface area (Å²) in [6, 6.07) is 12.7. The Kier molecular flexibility index (Phi) is 5.01. The molecule has 0 saturated heterocycles. The molecule has 0 radical (unpaired) electrons. The molecule has 0 bridgehead atoms. The normalized spacial score (nSPS) is 10.2. The van der Waals surface area contributed by atoms with Gasteiger partial charge in [0, 0.05) is 12.2 Å². The molecular formula is C18H21N3O2. The van der Waals surface area contributed by atoms with E-state index in [1.807, 2.05) is 51.1 Å². The SMILES string of the molecule is CCN(C(=O)C(=O)Nc1ccc(C)cc1N)c1cccc(C)c1. The van der Waals surface area contributed by atoms with Gasteiger partial charge < -0.3 is 16.0 Å². The van der Waals surface area contributed by atoms with Crippen LogP contribution in [0.2, 0.25) is 0 Å². The summed E-state index contributed by atoms with van der Waals surface area (Å²) in [6.07, 6.45) is 0. The van der Waals surface area contributed by atoms with E-state index < -0.39 is 11.8 Å². The molecule has 0 aliphatic rings. The Morgan fingerprint density at radius 1 is 1.09 bits per heavy atom. The Morgan fingerprint density at radius 3 is 2.39 bits per heavy atom. The number of amides is 2. The van der Waals surface area contributed by atoms with Gasteiger partial charge in [-0.05, 0) is 56.2 Å². The number of anilines is 3. The lowest BCUT2D eigenvalue weighted by Gasteiger charge is -2.21. The number of carbonyl (C=O) groups excluding carboxylic acids is 2. The van der Waals surface area contributed by atoms with Gasteiger partial charge in [0.15, 0.2) is 0 Å². The fourth-order valence-electron chi connectivity index (χ4n) is 2.33. The van der Waals surface area contributed by atoms with Gasteiger partial charge in [-0.25, -0.2) is 0 Å². The molecule has 0 aromatic heterocycles. The lowest BCUT2D eigenvalue weighted by molar-refractivity contribution is -0.134. The van der Waals surface area contributed by atoms with Crippen LogP contribution < -0.4 is 16.0 Å². The first-order valence-corrected chi connectivity index (χ1v) is 7.48. The van der Waals surface area contributed by atoms with Crippen molar-refractivity contribution < 1.29 is 9.59 Å². The van der Waals surface area contributed by atoms with Gasteiger partial charge in [0.25, 0.3) is 0 Å². The second kappa shape index (κ2) is 6.96. The van der Waals surface area contributed by atoms with Gasteiger partial charge >= 0.3 is 11.8 Å². The number of hydrogen-bond donors (Lipinski definition) is 2. The summed E-state index contributed by atoms with van der Waals surface area (Å²) < 4.78 is 0. The van der Waals surface area contributed by atoms with Crippen molar-refractivity contribution in [3.05, 3.63) is 53.6 Å². The molecule has 2 amide bonds. The molecule has 2 rings (SSSR count). The number of rotatable bonds is 3. The third-order valence-corrected chi connectivity index (χ3v) is 3.52. The van der Waals surface area contributed by atoms with Crippen molar-refractivity contribution in [2.24, 2.45) is 0 Å². The minimum atomic E-state index is -0.705. The number of nitrogens with two attached hydrogens (primary N) is 1. The molecule has 5 nitrogen and oxygen atoms in total. The molecule has 0 heterocycles. The summed E-state index contributed by atoms with van der Waals surface area (Å²) >= 11 is 0. The van der Waals surface area contributed by atoms with Gasteiger partial charge in [0.1, 0.15) is 0 Å². The van der Waals surface area contributed by atoms with E-state index in [2.05, 4.69) is 5.32 Å². The fraction of sp³-hybridized carbons (Fsp3) is 0.222. The Hall–Kier alpha value is -2.82. The fourth-order valence-corrected chi connectivity index (χ4v) is 2.33. The maximum atomic E-state index is 12.4. The van der Waals surface area contributed by atoms with Crippen LogP contribution in [0.5, 0.6) is 0 Å². The van der Waals surface area contributed by atoms with Crippen LogP contribution in [-0.2, 0) is 9.59 Å². The molecule has 0 fully saturated rings. The maximum absolute atomic E-state index is 12.4. The average molecular weight is 311 g/mol. The number of carbonyl (C=O) groups is 2. The lowest BCUT2D eigenvalue weighted by Crippen LogP contribution is -2.39. The molecule has 3 N–H and O–H groups in total. The quantitative estimate of drug-likeness (QED) is 0.676. The largest absolute Gasteiger partial charge is 0.397 e. The number of nitrogens with one attached hydrogen (secondary N) is 1. The van der Waals surface area contributed by atoms with Gasteiger partial charge in [0.2, 0.25) is 0 Å². The van der Waals surface area contributed by atoms with Gasteiger partial charge in [-0.15, -0.1) is 0 Å². The second-order valence-corrected chi connectivity index (χ2v) is 5.43. The Morgan fingerprint density at radius 2 is 1.78 bits per heavy atom. The highest BCUT2D eigenvalue weighted by molar-refractivity contribution is 6.44. The van der Waals surface area contributed by atoms with Crippen molar-refractivity contribution in [1.82, 2.24) is 0 Å². The van der Waals surface area contributed by atoms with Crippen LogP contribution in [0.15, 0.2) is 42.5 Å². The monoisotopic (exact) mass is 311 g/mol. The van der Waals surface area contributed by atoms with Gasteiger partial charge in [-0.1, -0.05) is 18.2 Å². The van der Waals surface area contributed by atoms with E-state index in [0.29, 0.717) is 23.6 Å². The summed E-state index contributed by atoms with van der Waals surface area (Å²) in [5.74, 6) is -1.32. The summed E-state index contributed by atoms with van der Waals surface area (Å²) in [5, 5.41) is 2.58. The molecule has 23 heavy (non-hydrogen) atoms. The number of benzene rings is 2. The van der Waals surface area contributed by atoms with Crippen molar-refractivity contribution in [2.45, 2.75) is 20.8 Å². The minimum Gasteiger partial charge on any atom is -0.397 e. The van der Waals surface area contributed by atoms with Crippen LogP contribution in [-0.4, -0.2) is 18.4 Å². The van der Waals surface area contributed by atoms with Crippen LogP contribution >= 0.6 is 0 Å². The second-order valence-electron chi connectivity index (χ2n) is 5.43. The van der Waals surface area contributed by atoms with Crippen molar-refractivity contribution in [1.29, 1.82) is 0 Å². The Labute approximate surface area is 136 Å². The molecule has 0 aliphatic heterocycles. The summed E-state index contributed by atoms with van der Waals surface area (Å²) in [5.41, 5.74) is 9.46. The van der Waals surface area contributed by atoms with E-state index in [9.17, 15) is 9.59 Å². The highest BCUT2D eigenvalue weighted by Gasteiger charge is 2.22. The number of aryl methyl sites for hydroxylation is 2. The third-order valence-electron chi connectivity index (χ3n) is 3.52. The zero-order chi connectivity index (χ0) is 17.0. The molecule has 2 aromatic rings. The molecule has 0 aliphatic carbocycles. The van der Waals surface area contributed by atoms with Crippen molar-refractivity contribution in [3.63, 3.8) is 0 Å². The Balaban J connectivity index is 2.19. The summed E-state index contributed by atoms with van der Waals surface area (Å²) in [7, 11) is 0. The smallest absolute Gasteiger partial charge is 0.316 e. The summed E-state index contributed by atoms with van der Waals surface area (Å²) in [4.78, 5) is 26.1. The number of hydrogen-bond acceptors (Lipinski definition) is 3. The van der Waals surface area contributed by atoms with E-state index in [-0.39, 0.29) is 0 Å². The number of nitrogen functional groups attached to an aromatic ring is 1. The lowest BCUT2D eigenvalue weighted by atomic mass is 10.2. The standard InChI is InChI=1S/C18H21N3O2/c1-4-21(14-7-5-6-12(2)10-14)18(23)17(22)20-16-9-8-13(3)11-15(16)19/h5-11H,4,19H2,1-3H3,(H,20,22). The molecule has 0 spiro atoms. The Bertz CT molecular complexity index is 741. The average Bonchev–Trinajstić information content (AvgIpc) is 2.50. The van der Waals surface area contributed by atoms with Crippen LogP contribution in [0.3, 0.4) is 0 Å². The van der Waals surface area contributed by atoms with Crippen molar-refractivity contribution in [3.8, 4) is 0 Å². The van der Waals surface area contributed by atoms with Crippen LogP contribution in [0, 0.1) is 13.8 Å². The maximum Gasteiger partial charge on any atom is 0.316 e. The first-order chi connectivity index (χ1) is 10.9. The minimum absolute atomic E-state index is 0.402. The zero-order valence-electron chi connectivity index (χ0n) is 13.6. The predicted molar refractivity (Wildman–Crippen MR) is 93.4 cm³/mol. The molecule has 0 unspecified atom stereocenters. The van der Waals surface area contributed by atoms with E-state index >= 15 is 0 Å². The van der Waals surface area contributed by atoms with E-state index in [1.54, 1.807) is 12.1 Å². The van der Waals surface area contributed by atoms with Crippen LogP contribution in [0.1, 0.15) is 18.1 Å². The highest BCUT2D eigenvalue weighted by atomic mass is 16.2. The molecule has 0 saturated carbocycles. The van der Waals surface area contributed by atoms with Crippen LogP contribution in [0.4, 0.5) is 17.1 Å².